The number of carbonyl (C=O) groups is 1. The molecule has 0 aliphatic carbocycles. The zero-order valence-electron chi connectivity index (χ0n) is 16.6. The van der Waals surface area contributed by atoms with E-state index in [4.69, 9.17) is 21.3 Å². The topological polar surface area (TPSA) is 64.4 Å². The van der Waals surface area contributed by atoms with Gasteiger partial charge in [-0.3, -0.25) is 14.2 Å². The second kappa shape index (κ2) is 9.06. The summed E-state index contributed by atoms with van der Waals surface area (Å²) in [6.07, 6.45) is 5.22. The molecule has 2 aromatic rings. The van der Waals surface area contributed by atoms with Crippen molar-refractivity contribution in [3.05, 3.63) is 33.6 Å². The molecule has 1 aromatic carbocycles. The van der Waals surface area contributed by atoms with Gasteiger partial charge in [-0.05, 0) is 57.2 Å². The van der Waals surface area contributed by atoms with E-state index in [1.807, 2.05) is 4.90 Å². The van der Waals surface area contributed by atoms with E-state index in [9.17, 15) is 9.59 Å². The maximum Gasteiger partial charge on any atom is 0.262 e. The molecule has 6 nitrogen and oxygen atoms in total. The SMILES string of the molecule is CC1CCCCN1C(=O)CSc1nc2cc(Cl)ccc2c(=O)n1CC1CCCO1. The van der Waals surface area contributed by atoms with Crippen molar-refractivity contribution in [3.63, 3.8) is 0 Å². The van der Waals surface area contributed by atoms with Crippen LogP contribution in [0.2, 0.25) is 5.02 Å². The Balaban J connectivity index is 1.61. The van der Waals surface area contributed by atoms with E-state index in [0.29, 0.717) is 27.6 Å². The lowest BCUT2D eigenvalue weighted by Crippen LogP contribution is -2.43. The fourth-order valence-corrected chi connectivity index (χ4v) is 5.18. The largest absolute Gasteiger partial charge is 0.376 e. The van der Waals surface area contributed by atoms with E-state index in [0.717, 1.165) is 38.8 Å². The van der Waals surface area contributed by atoms with E-state index >= 15 is 0 Å². The molecule has 1 amide bonds. The van der Waals surface area contributed by atoms with Gasteiger partial charge in [0, 0.05) is 24.2 Å². The Bertz CT molecular complexity index is 958. The first-order chi connectivity index (χ1) is 14.0. The third-order valence-electron chi connectivity index (χ3n) is 5.74. The van der Waals surface area contributed by atoms with Gasteiger partial charge < -0.3 is 9.64 Å². The van der Waals surface area contributed by atoms with Crippen LogP contribution in [0.5, 0.6) is 0 Å². The average molecular weight is 436 g/mol. The lowest BCUT2D eigenvalue weighted by molar-refractivity contribution is -0.131. The van der Waals surface area contributed by atoms with Crippen LogP contribution < -0.4 is 5.56 Å². The molecule has 156 valence electrons. The number of ether oxygens (including phenoxy) is 1. The monoisotopic (exact) mass is 435 g/mol. The van der Waals surface area contributed by atoms with Gasteiger partial charge in [0.2, 0.25) is 5.91 Å². The standard InChI is InChI=1S/C21H26ClN3O3S/c1-14-5-2-3-9-24(14)19(26)13-29-21-23-18-11-15(22)7-8-17(18)20(27)25(21)12-16-6-4-10-28-16/h7-8,11,14,16H,2-6,9-10,12-13H2,1H3. The summed E-state index contributed by atoms with van der Waals surface area (Å²) < 4.78 is 7.41. The normalized spacial score (nSPS) is 22.3. The summed E-state index contributed by atoms with van der Waals surface area (Å²) >= 11 is 7.44. The molecule has 3 heterocycles. The molecule has 2 aliphatic heterocycles. The van der Waals surface area contributed by atoms with Crippen LogP contribution in [0, 0.1) is 0 Å². The van der Waals surface area contributed by atoms with E-state index in [1.54, 1.807) is 22.8 Å². The maximum atomic E-state index is 13.2. The summed E-state index contributed by atoms with van der Waals surface area (Å²) in [7, 11) is 0. The number of hydrogen-bond acceptors (Lipinski definition) is 5. The summed E-state index contributed by atoms with van der Waals surface area (Å²) in [5.74, 6) is 0.375. The molecule has 0 spiro atoms. The van der Waals surface area contributed by atoms with Gasteiger partial charge >= 0.3 is 0 Å². The summed E-state index contributed by atoms with van der Waals surface area (Å²) in [6.45, 7) is 4.10. The van der Waals surface area contributed by atoms with Crippen molar-refractivity contribution in [3.8, 4) is 0 Å². The number of halogens is 1. The van der Waals surface area contributed by atoms with E-state index in [-0.39, 0.29) is 29.4 Å². The van der Waals surface area contributed by atoms with Gasteiger partial charge in [0.15, 0.2) is 5.16 Å². The van der Waals surface area contributed by atoms with Crippen LogP contribution in [0.15, 0.2) is 28.2 Å². The first-order valence-corrected chi connectivity index (χ1v) is 11.6. The lowest BCUT2D eigenvalue weighted by Gasteiger charge is -2.33. The van der Waals surface area contributed by atoms with Gasteiger partial charge in [-0.2, -0.15) is 0 Å². The summed E-state index contributed by atoms with van der Waals surface area (Å²) in [5.41, 5.74) is 0.454. The molecule has 8 heteroatoms. The Morgan fingerprint density at radius 1 is 1.31 bits per heavy atom. The molecule has 2 saturated heterocycles. The van der Waals surface area contributed by atoms with Crippen LogP contribution in [0.1, 0.15) is 39.0 Å². The zero-order valence-corrected chi connectivity index (χ0v) is 18.2. The molecule has 0 radical (unpaired) electrons. The van der Waals surface area contributed by atoms with Crippen molar-refractivity contribution in [1.82, 2.24) is 14.5 Å². The predicted octanol–water partition coefficient (Wildman–Crippen LogP) is 3.72. The smallest absolute Gasteiger partial charge is 0.262 e. The minimum atomic E-state index is -0.108. The molecule has 2 aliphatic rings. The first kappa shape index (κ1) is 20.7. The second-order valence-corrected chi connectivity index (χ2v) is 9.21. The number of rotatable bonds is 5. The summed E-state index contributed by atoms with van der Waals surface area (Å²) in [4.78, 5) is 32.6. The Hall–Kier alpha value is -1.57. The predicted molar refractivity (Wildman–Crippen MR) is 116 cm³/mol. The van der Waals surface area contributed by atoms with Crippen LogP contribution in [0.3, 0.4) is 0 Å². The zero-order chi connectivity index (χ0) is 20.4. The maximum absolute atomic E-state index is 13.2. The second-order valence-electron chi connectivity index (χ2n) is 7.83. The molecule has 2 atom stereocenters. The van der Waals surface area contributed by atoms with Gasteiger partial charge in [0.1, 0.15) is 0 Å². The van der Waals surface area contributed by atoms with Crippen molar-refractivity contribution in [1.29, 1.82) is 0 Å². The van der Waals surface area contributed by atoms with E-state index < -0.39 is 0 Å². The number of aromatic nitrogens is 2. The molecule has 2 fully saturated rings. The van der Waals surface area contributed by atoms with Crippen molar-refractivity contribution in [2.24, 2.45) is 0 Å². The highest BCUT2D eigenvalue weighted by Crippen LogP contribution is 2.24. The van der Waals surface area contributed by atoms with Crippen LogP contribution in [0.4, 0.5) is 0 Å². The molecule has 4 rings (SSSR count). The molecule has 1 aromatic heterocycles. The van der Waals surface area contributed by atoms with Gasteiger partial charge in [-0.15, -0.1) is 0 Å². The number of carbonyl (C=O) groups excluding carboxylic acids is 1. The molecule has 2 unspecified atom stereocenters. The molecule has 0 bridgehead atoms. The Labute approximate surface area is 179 Å². The van der Waals surface area contributed by atoms with Crippen LogP contribution in [0.25, 0.3) is 10.9 Å². The molecular formula is C21H26ClN3O3S. The molecule has 0 saturated carbocycles. The third-order valence-corrected chi connectivity index (χ3v) is 6.94. The van der Waals surface area contributed by atoms with Gasteiger partial charge in [-0.1, -0.05) is 23.4 Å². The number of likely N-dealkylation sites (tertiary alicyclic amines) is 1. The van der Waals surface area contributed by atoms with Gasteiger partial charge in [0.05, 0.1) is 29.3 Å². The fourth-order valence-electron chi connectivity index (χ4n) is 4.11. The summed E-state index contributed by atoms with van der Waals surface area (Å²) in [6, 6.07) is 5.40. The third kappa shape index (κ3) is 4.62. The van der Waals surface area contributed by atoms with Crippen molar-refractivity contribution in [2.45, 2.75) is 62.9 Å². The van der Waals surface area contributed by atoms with E-state index in [1.165, 1.54) is 18.2 Å². The first-order valence-electron chi connectivity index (χ1n) is 10.3. The highest BCUT2D eigenvalue weighted by atomic mass is 35.5. The average Bonchev–Trinajstić information content (AvgIpc) is 3.22. The number of fused-ring (bicyclic) bond motifs is 1. The number of hydrogen-bond donors (Lipinski definition) is 0. The Morgan fingerprint density at radius 2 is 2.17 bits per heavy atom. The highest BCUT2D eigenvalue weighted by molar-refractivity contribution is 7.99. The molecular weight excluding hydrogens is 410 g/mol. The minimum absolute atomic E-state index is 0.0106. The Morgan fingerprint density at radius 3 is 2.93 bits per heavy atom. The van der Waals surface area contributed by atoms with Gasteiger partial charge in [0.25, 0.3) is 5.56 Å². The minimum Gasteiger partial charge on any atom is -0.376 e. The number of benzene rings is 1. The number of nitrogens with zero attached hydrogens (tertiary/aromatic N) is 3. The van der Waals surface area contributed by atoms with Crippen molar-refractivity contribution >= 4 is 40.2 Å². The molecule has 0 N–H and O–H groups in total. The van der Waals surface area contributed by atoms with Crippen molar-refractivity contribution in [2.75, 3.05) is 18.9 Å². The number of amides is 1. The lowest BCUT2D eigenvalue weighted by atomic mass is 10.0. The quantitative estimate of drug-likeness (QED) is 0.529. The van der Waals surface area contributed by atoms with Crippen molar-refractivity contribution < 1.29 is 9.53 Å². The van der Waals surface area contributed by atoms with E-state index in [2.05, 4.69) is 6.92 Å². The van der Waals surface area contributed by atoms with Gasteiger partial charge in [-0.25, -0.2) is 4.98 Å². The summed E-state index contributed by atoms with van der Waals surface area (Å²) in [5, 5.41) is 1.63. The van der Waals surface area contributed by atoms with Crippen LogP contribution in [-0.4, -0.2) is 51.4 Å². The molecule has 29 heavy (non-hydrogen) atoms. The number of piperidine rings is 1. The number of thioether (sulfide) groups is 1. The highest BCUT2D eigenvalue weighted by Gasteiger charge is 2.25. The fraction of sp³-hybridized carbons (Fsp3) is 0.571. The van der Waals surface area contributed by atoms with Crippen LogP contribution in [-0.2, 0) is 16.1 Å². The van der Waals surface area contributed by atoms with Crippen LogP contribution >= 0.6 is 23.4 Å². The Kier molecular flexibility index (Phi) is 6.47.